The van der Waals surface area contributed by atoms with Crippen molar-refractivity contribution in [3.05, 3.63) is 29.3 Å². The molecule has 1 aromatic rings. The number of nitrogens with one attached hydrogen (secondary N) is 2. The summed E-state index contributed by atoms with van der Waals surface area (Å²) in [6.07, 6.45) is 2.36. The lowest BCUT2D eigenvalue weighted by molar-refractivity contribution is -0.123. The van der Waals surface area contributed by atoms with E-state index in [-0.39, 0.29) is 30.4 Å². The highest BCUT2D eigenvalue weighted by Gasteiger charge is 2.27. The fourth-order valence-electron chi connectivity index (χ4n) is 3.19. The van der Waals surface area contributed by atoms with E-state index in [0.29, 0.717) is 13.0 Å². The van der Waals surface area contributed by atoms with Gasteiger partial charge in [0.05, 0.1) is 26.4 Å². The van der Waals surface area contributed by atoms with E-state index in [1.165, 1.54) is 11.1 Å². The number of fused-ring (bicyclic) bond motifs is 1. The number of carbonyl (C=O) groups is 1. The van der Waals surface area contributed by atoms with Crippen LogP contribution in [0.2, 0.25) is 0 Å². The van der Waals surface area contributed by atoms with Crippen molar-refractivity contribution in [3.63, 3.8) is 0 Å². The second kappa shape index (κ2) is 7.81. The van der Waals surface area contributed by atoms with Gasteiger partial charge in [0.1, 0.15) is 5.75 Å². The summed E-state index contributed by atoms with van der Waals surface area (Å²) in [5, 5.41) is 6.45. The molecule has 2 unspecified atom stereocenters. The van der Waals surface area contributed by atoms with Crippen LogP contribution in [0.5, 0.6) is 5.75 Å². The SMILES string of the molecule is COc1cccc2c1CCC2NC(=O)CC1COCCN1.Cl. The average Bonchev–Trinajstić information content (AvgIpc) is 2.91. The molecule has 0 spiro atoms. The number of ether oxygens (including phenoxy) is 2. The first-order valence-electron chi connectivity index (χ1n) is 7.54. The standard InChI is InChI=1S/C16H22N2O3.ClH/c1-20-15-4-2-3-12-13(15)5-6-14(12)18-16(19)9-11-10-21-8-7-17-11;/h2-4,11,14,17H,5-10H2,1H3,(H,18,19);1H. The lowest BCUT2D eigenvalue weighted by Gasteiger charge is -2.24. The van der Waals surface area contributed by atoms with Crippen LogP contribution in [0, 0.1) is 0 Å². The van der Waals surface area contributed by atoms with Gasteiger partial charge in [-0.05, 0) is 30.0 Å². The lowest BCUT2D eigenvalue weighted by atomic mass is 10.1. The zero-order chi connectivity index (χ0) is 14.7. The maximum Gasteiger partial charge on any atom is 0.222 e. The monoisotopic (exact) mass is 326 g/mol. The Hall–Kier alpha value is -1.30. The maximum absolute atomic E-state index is 12.2. The molecule has 1 aromatic carbocycles. The number of amides is 1. The Balaban J connectivity index is 0.00000176. The normalized spacial score (nSPS) is 23.3. The van der Waals surface area contributed by atoms with Crippen LogP contribution in [-0.4, -0.2) is 38.8 Å². The zero-order valence-corrected chi connectivity index (χ0v) is 13.6. The molecule has 6 heteroatoms. The third-order valence-corrected chi connectivity index (χ3v) is 4.21. The first-order chi connectivity index (χ1) is 10.3. The largest absolute Gasteiger partial charge is 0.496 e. The van der Waals surface area contributed by atoms with Crippen molar-refractivity contribution in [2.24, 2.45) is 0 Å². The van der Waals surface area contributed by atoms with Gasteiger partial charge in [-0.3, -0.25) is 4.79 Å². The van der Waals surface area contributed by atoms with E-state index >= 15 is 0 Å². The number of benzene rings is 1. The second-order valence-electron chi connectivity index (χ2n) is 5.62. The maximum atomic E-state index is 12.2. The molecule has 0 radical (unpaired) electrons. The topological polar surface area (TPSA) is 59.6 Å². The van der Waals surface area contributed by atoms with E-state index in [1.54, 1.807) is 7.11 Å². The Bertz CT molecular complexity index is 518. The van der Waals surface area contributed by atoms with Gasteiger partial charge in [-0.15, -0.1) is 12.4 Å². The van der Waals surface area contributed by atoms with Crippen molar-refractivity contribution in [1.82, 2.24) is 10.6 Å². The molecular formula is C16H23ClN2O3. The summed E-state index contributed by atoms with van der Waals surface area (Å²) in [7, 11) is 1.69. The van der Waals surface area contributed by atoms with Crippen LogP contribution in [0.1, 0.15) is 30.0 Å². The summed E-state index contributed by atoms with van der Waals surface area (Å²) >= 11 is 0. The molecular weight excluding hydrogens is 304 g/mol. The Morgan fingerprint density at radius 3 is 3.09 bits per heavy atom. The van der Waals surface area contributed by atoms with Gasteiger partial charge in [-0.1, -0.05) is 12.1 Å². The summed E-state index contributed by atoms with van der Waals surface area (Å²) in [5.74, 6) is 1.00. The van der Waals surface area contributed by atoms with Crippen molar-refractivity contribution in [1.29, 1.82) is 0 Å². The molecule has 1 fully saturated rings. The fraction of sp³-hybridized carbons (Fsp3) is 0.562. The highest BCUT2D eigenvalue weighted by atomic mass is 35.5. The summed E-state index contributed by atoms with van der Waals surface area (Å²) in [4.78, 5) is 12.2. The lowest BCUT2D eigenvalue weighted by Crippen LogP contribution is -2.44. The quantitative estimate of drug-likeness (QED) is 0.882. The summed E-state index contributed by atoms with van der Waals surface area (Å²) < 4.78 is 10.8. The van der Waals surface area contributed by atoms with Crippen molar-refractivity contribution in [2.75, 3.05) is 26.9 Å². The fourth-order valence-corrected chi connectivity index (χ4v) is 3.19. The van der Waals surface area contributed by atoms with Crippen LogP contribution in [0.25, 0.3) is 0 Å². The number of hydrogen-bond donors (Lipinski definition) is 2. The second-order valence-corrected chi connectivity index (χ2v) is 5.62. The predicted molar refractivity (Wildman–Crippen MR) is 86.7 cm³/mol. The molecule has 0 bridgehead atoms. The Morgan fingerprint density at radius 2 is 2.36 bits per heavy atom. The van der Waals surface area contributed by atoms with Gasteiger partial charge >= 0.3 is 0 Å². The molecule has 1 heterocycles. The number of hydrogen-bond acceptors (Lipinski definition) is 4. The van der Waals surface area contributed by atoms with Gasteiger partial charge in [0, 0.05) is 19.0 Å². The highest BCUT2D eigenvalue weighted by molar-refractivity contribution is 5.85. The third-order valence-electron chi connectivity index (χ3n) is 4.21. The van der Waals surface area contributed by atoms with E-state index in [2.05, 4.69) is 16.7 Å². The number of carbonyl (C=O) groups excluding carboxylic acids is 1. The van der Waals surface area contributed by atoms with Crippen LogP contribution in [0.3, 0.4) is 0 Å². The first-order valence-corrected chi connectivity index (χ1v) is 7.54. The Morgan fingerprint density at radius 1 is 1.50 bits per heavy atom. The molecule has 1 aliphatic carbocycles. The Labute approximate surface area is 137 Å². The smallest absolute Gasteiger partial charge is 0.222 e. The van der Waals surface area contributed by atoms with Crippen LogP contribution in [0.4, 0.5) is 0 Å². The van der Waals surface area contributed by atoms with Crippen molar-refractivity contribution in [3.8, 4) is 5.75 Å². The van der Waals surface area contributed by atoms with E-state index in [1.807, 2.05) is 12.1 Å². The molecule has 2 atom stereocenters. The van der Waals surface area contributed by atoms with Gasteiger partial charge in [0.25, 0.3) is 0 Å². The average molecular weight is 327 g/mol. The molecule has 0 aromatic heterocycles. The van der Waals surface area contributed by atoms with E-state index in [9.17, 15) is 4.79 Å². The van der Waals surface area contributed by atoms with E-state index in [4.69, 9.17) is 9.47 Å². The molecule has 122 valence electrons. The van der Waals surface area contributed by atoms with Gasteiger partial charge in [0.2, 0.25) is 5.91 Å². The van der Waals surface area contributed by atoms with Crippen molar-refractivity contribution < 1.29 is 14.3 Å². The van der Waals surface area contributed by atoms with Crippen LogP contribution in [-0.2, 0) is 16.0 Å². The van der Waals surface area contributed by atoms with Gasteiger partial charge in [0.15, 0.2) is 0 Å². The molecule has 1 amide bonds. The van der Waals surface area contributed by atoms with Crippen LogP contribution >= 0.6 is 12.4 Å². The minimum absolute atomic E-state index is 0. The number of morpholine rings is 1. The number of methoxy groups -OCH3 is 1. The van der Waals surface area contributed by atoms with Crippen molar-refractivity contribution in [2.45, 2.75) is 31.3 Å². The number of rotatable bonds is 4. The van der Waals surface area contributed by atoms with Gasteiger partial charge in [-0.25, -0.2) is 0 Å². The zero-order valence-electron chi connectivity index (χ0n) is 12.8. The minimum atomic E-state index is 0. The third kappa shape index (κ3) is 3.72. The molecule has 1 aliphatic heterocycles. The molecule has 2 aliphatic rings. The number of halogens is 1. The van der Waals surface area contributed by atoms with E-state index in [0.717, 1.165) is 31.7 Å². The van der Waals surface area contributed by atoms with E-state index < -0.39 is 0 Å². The highest BCUT2D eigenvalue weighted by Crippen LogP contribution is 2.36. The van der Waals surface area contributed by atoms with Gasteiger partial charge < -0.3 is 20.1 Å². The molecule has 1 saturated heterocycles. The van der Waals surface area contributed by atoms with Crippen LogP contribution < -0.4 is 15.4 Å². The molecule has 22 heavy (non-hydrogen) atoms. The summed E-state index contributed by atoms with van der Waals surface area (Å²) in [6.45, 7) is 2.16. The first kappa shape index (κ1) is 17.1. The van der Waals surface area contributed by atoms with Crippen molar-refractivity contribution >= 4 is 18.3 Å². The summed E-state index contributed by atoms with van der Waals surface area (Å²) in [5.41, 5.74) is 2.42. The minimum Gasteiger partial charge on any atom is -0.496 e. The van der Waals surface area contributed by atoms with Gasteiger partial charge in [-0.2, -0.15) is 0 Å². The molecule has 2 N–H and O–H groups in total. The molecule has 3 rings (SSSR count). The predicted octanol–water partition coefficient (Wildman–Crippen LogP) is 1.60. The molecule has 0 saturated carbocycles. The molecule has 5 nitrogen and oxygen atoms in total. The Kier molecular flexibility index (Phi) is 6.06. The van der Waals surface area contributed by atoms with Crippen LogP contribution in [0.15, 0.2) is 18.2 Å². The summed E-state index contributed by atoms with van der Waals surface area (Å²) in [6, 6.07) is 6.28.